The Kier molecular flexibility index (Phi) is 12.6. The van der Waals surface area contributed by atoms with Crippen molar-refractivity contribution in [1.29, 1.82) is 0 Å². The molecule has 0 aromatic heterocycles. The van der Waals surface area contributed by atoms with Gasteiger partial charge in [0.1, 0.15) is 0 Å². The van der Waals surface area contributed by atoms with Crippen LogP contribution in [0.5, 0.6) is 0 Å². The molecule has 15 heavy (non-hydrogen) atoms. The fraction of sp³-hybridized carbons (Fsp3) is 1.00. The Bertz CT molecular complexity index is 149. The van der Waals surface area contributed by atoms with Crippen molar-refractivity contribution in [3.63, 3.8) is 0 Å². The Morgan fingerprint density at radius 2 is 1.20 bits per heavy atom. The van der Waals surface area contributed by atoms with E-state index in [4.69, 9.17) is 4.19 Å². The predicted molar refractivity (Wildman–Crippen MR) is 65.3 cm³/mol. The molecule has 0 saturated heterocycles. The van der Waals surface area contributed by atoms with Gasteiger partial charge in [-0.3, -0.25) is 0 Å². The molecule has 92 valence electrons. The van der Waals surface area contributed by atoms with Crippen LogP contribution in [0.3, 0.4) is 0 Å². The molecule has 0 aliphatic rings. The van der Waals surface area contributed by atoms with Crippen LogP contribution in [0.15, 0.2) is 0 Å². The van der Waals surface area contributed by atoms with E-state index in [1.54, 1.807) is 0 Å². The van der Waals surface area contributed by atoms with Crippen molar-refractivity contribution >= 4 is 14.2 Å². The molecule has 1 unspecified atom stereocenters. The van der Waals surface area contributed by atoms with Crippen LogP contribution in [0, 0.1) is 0 Å². The molecular formula is C12H26O2Se. The van der Waals surface area contributed by atoms with E-state index in [9.17, 15) is 3.83 Å². The van der Waals surface area contributed by atoms with E-state index in [1.165, 1.54) is 51.4 Å². The number of unbranched alkanes of at least 4 members (excludes halogenated alkanes) is 9. The standard InChI is InChI=1S/C12H26O2Se/c1-2-3-4-5-6-7-8-9-10-11-12-15(13)14/h2-12H2,1H3,(H,13,14). The van der Waals surface area contributed by atoms with Gasteiger partial charge < -0.3 is 0 Å². The molecule has 3 heteroatoms. The van der Waals surface area contributed by atoms with E-state index in [-0.39, 0.29) is 0 Å². The van der Waals surface area contributed by atoms with Crippen LogP contribution < -0.4 is 0 Å². The molecule has 0 radical (unpaired) electrons. The number of hydrogen-bond donors (Lipinski definition) is 1. The molecule has 0 aliphatic heterocycles. The average molecular weight is 281 g/mol. The van der Waals surface area contributed by atoms with Crippen molar-refractivity contribution in [2.45, 2.75) is 76.5 Å². The van der Waals surface area contributed by atoms with Crippen LogP contribution in [-0.2, 0) is 3.83 Å². The van der Waals surface area contributed by atoms with Crippen LogP contribution >= 0.6 is 0 Å². The molecule has 0 rings (SSSR count). The zero-order valence-corrected chi connectivity index (χ0v) is 11.8. The molecule has 0 aliphatic carbocycles. The normalized spacial score (nSPS) is 12.9. The van der Waals surface area contributed by atoms with Crippen LogP contribution in [0.2, 0.25) is 5.32 Å². The van der Waals surface area contributed by atoms with E-state index in [2.05, 4.69) is 6.92 Å². The molecule has 0 saturated carbocycles. The first-order valence-corrected chi connectivity index (χ1v) is 9.02. The maximum absolute atomic E-state index is 10.4. The van der Waals surface area contributed by atoms with E-state index in [0.29, 0.717) is 5.32 Å². The minimum absolute atomic E-state index is 0.552. The summed E-state index contributed by atoms with van der Waals surface area (Å²) >= 11 is -2.38. The Morgan fingerprint density at radius 3 is 1.60 bits per heavy atom. The summed E-state index contributed by atoms with van der Waals surface area (Å²) in [6, 6.07) is 0. The first-order chi connectivity index (χ1) is 7.27. The molecular weight excluding hydrogens is 255 g/mol. The summed E-state index contributed by atoms with van der Waals surface area (Å²) in [5, 5.41) is 0.552. The van der Waals surface area contributed by atoms with E-state index >= 15 is 0 Å². The van der Waals surface area contributed by atoms with Crippen LogP contribution in [0.4, 0.5) is 0 Å². The fourth-order valence-corrected chi connectivity index (χ4v) is 2.66. The number of rotatable bonds is 11. The van der Waals surface area contributed by atoms with Crippen molar-refractivity contribution < 1.29 is 8.02 Å². The van der Waals surface area contributed by atoms with E-state index in [0.717, 1.165) is 12.8 Å². The maximum atomic E-state index is 10.4. The predicted octanol–water partition coefficient (Wildman–Crippen LogP) is 3.82. The second kappa shape index (κ2) is 12.3. The van der Waals surface area contributed by atoms with Gasteiger partial charge in [-0.1, -0.05) is 0 Å². The molecule has 0 aromatic carbocycles. The Hall–Kier alpha value is 0.279. The van der Waals surface area contributed by atoms with Gasteiger partial charge in [-0.25, -0.2) is 0 Å². The molecule has 0 heterocycles. The summed E-state index contributed by atoms with van der Waals surface area (Å²) in [7, 11) is 0. The zero-order valence-electron chi connectivity index (χ0n) is 10.0. The van der Waals surface area contributed by atoms with Gasteiger partial charge in [0, 0.05) is 0 Å². The Morgan fingerprint density at radius 1 is 0.800 bits per heavy atom. The molecule has 1 N–H and O–H groups in total. The average Bonchev–Trinajstić information content (AvgIpc) is 2.20. The van der Waals surface area contributed by atoms with Gasteiger partial charge in [-0.15, -0.1) is 0 Å². The van der Waals surface area contributed by atoms with Crippen LogP contribution in [0.25, 0.3) is 0 Å². The molecule has 0 aromatic rings. The van der Waals surface area contributed by atoms with Gasteiger partial charge in [-0.05, 0) is 0 Å². The van der Waals surface area contributed by atoms with Crippen LogP contribution in [-0.4, -0.2) is 18.4 Å². The second-order valence-electron chi connectivity index (χ2n) is 4.21. The van der Waals surface area contributed by atoms with Crippen molar-refractivity contribution in [2.75, 3.05) is 0 Å². The van der Waals surface area contributed by atoms with Crippen molar-refractivity contribution in [3.05, 3.63) is 0 Å². The summed E-state index contributed by atoms with van der Waals surface area (Å²) in [6.07, 6.45) is 12.8. The minimum atomic E-state index is -2.38. The molecule has 0 fully saturated rings. The Balaban J connectivity index is 2.89. The van der Waals surface area contributed by atoms with Gasteiger partial charge in [0.25, 0.3) is 0 Å². The first-order valence-electron chi connectivity index (χ1n) is 6.35. The molecule has 0 bridgehead atoms. The molecule has 0 spiro atoms. The molecule has 1 atom stereocenters. The summed E-state index contributed by atoms with van der Waals surface area (Å²) < 4.78 is 19.1. The van der Waals surface area contributed by atoms with Crippen molar-refractivity contribution in [2.24, 2.45) is 0 Å². The van der Waals surface area contributed by atoms with Gasteiger partial charge in [0.2, 0.25) is 0 Å². The Labute approximate surface area is 98.9 Å². The van der Waals surface area contributed by atoms with Gasteiger partial charge in [0.15, 0.2) is 0 Å². The van der Waals surface area contributed by atoms with Gasteiger partial charge >= 0.3 is 98.6 Å². The third-order valence-electron chi connectivity index (χ3n) is 2.67. The molecule has 0 amide bonds. The summed E-state index contributed by atoms with van der Waals surface area (Å²) in [6.45, 7) is 2.24. The van der Waals surface area contributed by atoms with E-state index < -0.39 is 14.2 Å². The van der Waals surface area contributed by atoms with Gasteiger partial charge in [-0.2, -0.15) is 0 Å². The number of hydrogen-bond acceptors (Lipinski definition) is 1. The van der Waals surface area contributed by atoms with E-state index in [1.807, 2.05) is 0 Å². The third kappa shape index (κ3) is 14.3. The quantitative estimate of drug-likeness (QED) is 0.462. The summed E-state index contributed by atoms with van der Waals surface area (Å²) in [5.41, 5.74) is 0. The second-order valence-corrected chi connectivity index (χ2v) is 6.41. The third-order valence-corrected chi connectivity index (χ3v) is 4.01. The van der Waals surface area contributed by atoms with Crippen molar-refractivity contribution in [1.82, 2.24) is 0 Å². The van der Waals surface area contributed by atoms with Crippen LogP contribution in [0.1, 0.15) is 71.1 Å². The summed E-state index contributed by atoms with van der Waals surface area (Å²) in [5.74, 6) is 0. The fourth-order valence-electron chi connectivity index (χ4n) is 1.71. The topological polar surface area (TPSA) is 37.3 Å². The van der Waals surface area contributed by atoms with Gasteiger partial charge in [0.05, 0.1) is 0 Å². The zero-order chi connectivity index (χ0) is 11.4. The molecule has 2 nitrogen and oxygen atoms in total. The van der Waals surface area contributed by atoms with Crippen molar-refractivity contribution in [3.8, 4) is 0 Å². The monoisotopic (exact) mass is 282 g/mol. The summed E-state index contributed by atoms with van der Waals surface area (Å²) in [4.78, 5) is 0. The SMILES string of the molecule is CCCCCCCCCCCC[Se](=O)O. The first kappa shape index (κ1) is 15.3.